The highest BCUT2D eigenvalue weighted by molar-refractivity contribution is 7.07. The number of benzene rings is 1. The topological polar surface area (TPSA) is 81.1 Å². The van der Waals surface area contributed by atoms with E-state index in [0.29, 0.717) is 23.5 Å². The van der Waals surface area contributed by atoms with Gasteiger partial charge >= 0.3 is 0 Å². The van der Waals surface area contributed by atoms with Crippen LogP contribution in [0.5, 0.6) is 0 Å². The first-order chi connectivity index (χ1) is 8.15. The van der Waals surface area contributed by atoms with E-state index in [4.69, 9.17) is 11.5 Å². The zero-order chi connectivity index (χ0) is 12.3. The molecule has 0 atom stereocenters. The lowest BCUT2D eigenvalue weighted by Gasteiger charge is -2.06. The van der Waals surface area contributed by atoms with Gasteiger partial charge in [0, 0.05) is 23.5 Å². The summed E-state index contributed by atoms with van der Waals surface area (Å²) < 4.78 is 0. The molecule has 1 amide bonds. The van der Waals surface area contributed by atoms with Crippen molar-refractivity contribution in [2.45, 2.75) is 6.54 Å². The number of nitrogen functional groups attached to an aromatic ring is 2. The second kappa shape index (κ2) is 4.88. The number of anilines is 2. The molecule has 0 aliphatic carbocycles. The number of carbonyl (C=O) groups is 1. The molecule has 0 fully saturated rings. The van der Waals surface area contributed by atoms with Gasteiger partial charge < -0.3 is 16.8 Å². The summed E-state index contributed by atoms with van der Waals surface area (Å²) >= 11 is 1.60. The predicted octanol–water partition coefficient (Wildman–Crippen LogP) is 1.84. The smallest absolute Gasteiger partial charge is 0.251 e. The Morgan fingerprint density at radius 3 is 2.53 bits per heavy atom. The van der Waals surface area contributed by atoms with E-state index in [-0.39, 0.29) is 5.91 Å². The van der Waals surface area contributed by atoms with Gasteiger partial charge in [-0.2, -0.15) is 11.3 Å². The van der Waals surface area contributed by atoms with Crippen molar-refractivity contribution in [3.05, 3.63) is 46.2 Å². The summed E-state index contributed by atoms with van der Waals surface area (Å²) in [7, 11) is 0. The van der Waals surface area contributed by atoms with E-state index in [1.807, 2.05) is 16.8 Å². The van der Waals surface area contributed by atoms with Gasteiger partial charge in [-0.1, -0.05) is 0 Å². The van der Waals surface area contributed by atoms with Gasteiger partial charge in [0.25, 0.3) is 5.91 Å². The van der Waals surface area contributed by atoms with Gasteiger partial charge in [-0.15, -0.1) is 0 Å². The van der Waals surface area contributed by atoms with E-state index >= 15 is 0 Å². The molecule has 0 bridgehead atoms. The average molecular weight is 247 g/mol. The summed E-state index contributed by atoms with van der Waals surface area (Å²) in [4.78, 5) is 11.8. The fraction of sp³-hybridized carbons (Fsp3) is 0.0833. The molecular weight excluding hydrogens is 234 g/mol. The monoisotopic (exact) mass is 247 g/mol. The van der Waals surface area contributed by atoms with Crippen LogP contribution in [0.1, 0.15) is 15.9 Å². The molecule has 4 nitrogen and oxygen atoms in total. The molecule has 17 heavy (non-hydrogen) atoms. The molecule has 1 aromatic heterocycles. The van der Waals surface area contributed by atoms with Crippen molar-refractivity contribution in [1.29, 1.82) is 0 Å². The first kappa shape index (κ1) is 11.5. The van der Waals surface area contributed by atoms with Crippen LogP contribution in [0.4, 0.5) is 11.4 Å². The third kappa shape index (κ3) is 2.98. The second-order valence-corrected chi connectivity index (χ2v) is 4.48. The number of rotatable bonds is 3. The van der Waals surface area contributed by atoms with Crippen molar-refractivity contribution in [3.63, 3.8) is 0 Å². The number of nitrogens with two attached hydrogens (primary N) is 2. The molecule has 0 aliphatic heterocycles. The Hall–Kier alpha value is -2.01. The highest BCUT2D eigenvalue weighted by Crippen LogP contribution is 2.13. The van der Waals surface area contributed by atoms with Crippen LogP contribution in [0.3, 0.4) is 0 Å². The van der Waals surface area contributed by atoms with E-state index in [1.54, 1.807) is 29.5 Å². The minimum absolute atomic E-state index is 0.171. The first-order valence-corrected chi connectivity index (χ1v) is 6.05. The van der Waals surface area contributed by atoms with Crippen molar-refractivity contribution < 1.29 is 4.79 Å². The molecule has 88 valence electrons. The van der Waals surface area contributed by atoms with Crippen LogP contribution in [0.15, 0.2) is 35.0 Å². The summed E-state index contributed by atoms with van der Waals surface area (Å²) in [6.07, 6.45) is 0. The van der Waals surface area contributed by atoms with Crippen LogP contribution in [-0.4, -0.2) is 5.91 Å². The maximum Gasteiger partial charge on any atom is 0.251 e. The number of carbonyl (C=O) groups excluding carboxylic acids is 1. The van der Waals surface area contributed by atoms with E-state index < -0.39 is 0 Å². The third-order valence-corrected chi connectivity index (χ3v) is 3.01. The standard InChI is InChI=1S/C12H13N3OS/c13-10-3-9(4-11(14)5-10)12(16)15-6-8-1-2-17-7-8/h1-5,7H,6,13-14H2,(H,15,16). The van der Waals surface area contributed by atoms with E-state index in [0.717, 1.165) is 5.56 Å². The van der Waals surface area contributed by atoms with Crippen LogP contribution in [0.25, 0.3) is 0 Å². The largest absolute Gasteiger partial charge is 0.399 e. The van der Waals surface area contributed by atoms with Crippen LogP contribution < -0.4 is 16.8 Å². The fourth-order valence-corrected chi connectivity index (χ4v) is 2.15. The van der Waals surface area contributed by atoms with Crippen LogP contribution >= 0.6 is 11.3 Å². The summed E-state index contributed by atoms with van der Waals surface area (Å²) in [6, 6.07) is 6.81. The highest BCUT2D eigenvalue weighted by atomic mass is 32.1. The molecule has 0 unspecified atom stereocenters. The lowest BCUT2D eigenvalue weighted by atomic mass is 10.1. The predicted molar refractivity (Wildman–Crippen MR) is 70.8 cm³/mol. The molecule has 0 saturated heterocycles. The van der Waals surface area contributed by atoms with Gasteiger partial charge in [0.1, 0.15) is 0 Å². The molecule has 2 rings (SSSR count). The molecule has 0 aliphatic rings. The summed E-state index contributed by atoms with van der Waals surface area (Å²) in [5.74, 6) is -0.171. The zero-order valence-corrected chi connectivity index (χ0v) is 9.96. The molecule has 0 spiro atoms. The zero-order valence-electron chi connectivity index (χ0n) is 9.14. The maximum atomic E-state index is 11.8. The minimum atomic E-state index is -0.171. The maximum absolute atomic E-state index is 11.8. The minimum Gasteiger partial charge on any atom is -0.399 e. The fourth-order valence-electron chi connectivity index (χ4n) is 1.49. The molecule has 1 aromatic carbocycles. The summed E-state index contributed by atoms with van der Waals surface area (Å²) in [5.41, 5.74) is 13.8. The Labute approximate surface area is 103 Å². The van der Waals surface area contributed by atoms with Gasteiger partial charge in [0.2, 0.25) is 0 Å². The number of thiophene rings is 1. The Bertz CT molecular complexity index is 502. The van der Waals surface area contributed by atoms with Crippen molar-refractivity contribution >= 4 is 28.6 Å². The highest BCUT2D eigenvalue weighted by Gasteiger charge is 2.06. The Kier molecular flexibility index (Phi) is 3.30. The summed E-state index contributed by atoms with van der Waals surface area (Å²) in [6.45, 7) is 0.511. The van der Waals surface area contributed by atoms with Gasteiger partial charge in [-0.3, -0.25) is 4.79 Å². The SMILES string of the molecule is Nc1cc(N)cc(C(=O)NCc2ccsc2)c1. The van der Waals surface area contributed by atoms with Gasteiger partial charge in [-0.25, -0.2) is 0 Å². The van der Waals surface area contributed by atoms with Gasteiger partial charge in [0.05, 0.1) is 0 Å². The van der Waals surface area contributed by atoms with E-state index in [9.17, 15) is 4.79 Å². The van der Waals surface area contributed by atoms with Gasteiger partial charge in [-0.05, 0) is 40.6 Å². The van der Waals surface area contributed by atoms with Crippen molar-refractivity contribution in [2.75, 3.05) is 11.5 Å². The molecular formula is C12H13N3OS. The van der Waals surface area contributed by atoms with Crippen LogP contribution in [0.2, 0.25) is 0 Å². The molecule has 0 radical (unpaired) electrons. The lowest BCUT2D eigenvalue weighted by molar-refractivity contribution is 0.0951. The quantitative estimate of drug-likeness (QED) is 0.724. The average Bonchev–Trinajstić information content (AvgIpc) is 2.77. The number of hydrogen-bond donors (Lipinski definition) is 3. The van der Waals surface area contributed by atoms with Crippen LogP contribution in [-0.2, 0) is 6.54 Å². The number of nitrogens with one attached hydrogen (secondary N) is 1. The third-order valence-electron chi connectivity index (χ3n) is 2.27. The number of amides is 1. The van der Waals surface area contributed by atoms with Gasteiger partial charge in [0.15, 0.2) is 0 Å². The molecule has 2 aromatic rings. The van der Waals surface area contributed by atoms with Crippen molar-refractivity contribution in [3.8, 4) is 0 Å². The summed E-state index contributed by atoms with van der Waals surface area (Å²) in [5, 5.41) is 6.78. The molecule has 5 N–H and O–H groups in total. The van der Waals surface area contributed by atoms with Crippen LogP contribution in [0, 0.1) is 0 Å². The Morgan fingerprint density at radius 1 is 1.24 bits per heavy atom. The molecule has 5 heteroatoms. The van der Waals surface area contributed by atoms with Crippen molar-refractivity contribution in [1.82, 2.24) is 5.32 Å². The normalized spacial score (nSPS) is 10.1. The Balaban J connectivity index is 2.04. The Morgan fingerprint density at radius 2 is 1.94 bits per heavy atom. The van der Waals surface area contributed by atoms with E-state index in [1.165, 1.54) is 0 Å². The lowest BCUT2D eigenvalue weighted by Crippen LogP contribution is -2.22. The second-order valence-electron chi connectivity index (χ2n) is 3.70. The number of hydrogen-bond acceptors (Lipinski definition) is 4. The molecule has 1 heterocycles. The molecule has 0 saturated carbocycles. The van der Waals surface area contributed by atoms with E-state index in [2.05, 4.69) is 5.32 Å². The van der Waals surface area contributed by atoms with Crippen molar-refractivity contribution in [2.24, 2.45) is 0 Å². The first-order valence-electron chi connectivity index (χ1n) is 5.10.